The number of fused-ring (bicyclic) bond motifs is 1. The second-order valence-electron chi connectivity index (χ2n) is 11.0. The summed E-state index contributed by atoms with van der Waals surface area (Å²) in [7, 11) is 0. The van der Waals surface area contributed by atoms with Gasteiger partial charge in [0.1, 0.15) is 6.17 Å². The van der Waals surface area contributed by atoms with E-state index >= 15 is 0 Å². The van der Waals surface area contributed by atoms with Gasteiger partial charge in [-0.05, 0) is 64.4 Å². The summed E-state index contributed by atoms with van der Waals surface area (Å²) in [4.78, 5) is 39.6. The molecule has 6 atom stereocenters. The minimum atomic E-state index is -1.12. The van der Waals surface area contributed by atoms with E-state index in [0.29, 0.717) is 25.2 Å². The Kier molecular flexibility index (Phi) is 8.90. The fraction of sp³-hybridized carbons (Fsp3) is 0.654. The van der Waals surface area contributed by atoms with Crippen LogP contribution in [0, 0.1) is 5.92 Å². The molecule has 0 aromatic heterocycles. The van der Waals surface area contributed by atoms with Gasteiger partial charge < -0.3 is 27.2 Å². The van der Waals surface area contributed by atoms with Crippen molar-refractivity contribution in [2.24, 2.45) is 17.4 Å². The molecule has 1 saturated heterocycles. The molecule has 0 radical (unpaired) electrons. The van der Waals surface area contributed by atoms with Gasteiger partial charge in [-0.2, -0.15) is 0 Å². The lowest BCUT2D eigenvalue weighted by Gasteiger charge is -2.40. The van der Waals surface area contributed by atoms with Crippen LogP contribution >= 0.6 is 0 Å². The molecule has 9 nitrogen and oxygen atoms in total. The van der Waals surface area contributed by atoms with Crippen LogP contribution in [0.2, 0.25) is 0 Å². The monoisotopic (exact) mass is 487 g/mol. The van der Waals surface area contributed by atoms with Crippen molar-refractivity contribution < 1.29 is 19.5 Å². The first-order valence-corrected chi connectivity index (χ1v) is 12.6. The Hall–Kier alpha value is -2.49. The minimum Gasteiger partial charge on any atom is -0.390 e. The number of hydrogen-bond acceptors (Lipinski definition) is 6. The Labute approximate surface area is 208 Å². The zero-order valence-corrected chi connectivity index (χ0v) is 21.1. The van der Waals surface area contributed by atoms with Crippen molar-refractivity contribution in [1.29, 1.82) is 0 Å². The van der Waals surface area contributed by atoms with Crippen LogP contribution in [0.4, 0.5) is 0 Å². The molecule has 3 rings (SSSR count). The van der Waals surface area contributed by atoms with Crippen LogP contribution in [0.1, 0.15) is 64.9 Å². The number of aliphatic hydroxyl groups excluding tert-OH is 1. The third-order valence-electron chi connectivity index (χ3n) is 6.99. The summed E-state index contributed by atoms with van der Waals surface area (Å²) >= 11 is 0. The molecule has 1 aliphatic carbocycles. The number of likely N-dealkylation sites (tertiary alicyclic amines) is 1. The molecule has 2 fully saturated rings. The lowest BCUT2D eigenvalue weighted by Crippen LogP contribution is -2.63. The lowest BCUT2D eigenvalue weighted by molar-refractivity contribution is -0.135. The van der Waals surface area contributed by atoms with Crippen molar-refractivity contribution in [3.63, 3.8) is 0 Å². The number of aryl methyl sites for hydroxylation is 1. The second-order valence-corrected chi connectivity index (χ2v) is 11.0. The summed E-state index contributed by atoms with van der Waals surface area (Å²) in [6.07, 6.45) is 2.59. The number of rotatable bonds is 10. The van der Waals surface area contributed by atoms with Crippen molar-refractivity contribution in [2.45, 2.75) is 102 Å². The van der Waals surface area contributed by atoms with Crippen molar-refractivity contribution >= 4 is 17.7 Å². The molecule has 1 aliphatic heterocycles. The van der Waals surface area contributed by atoms with Gasteiger partial charge in [-0.15, -0.1) is 0 Å². The van der Waals surface area contributed by atoms with Gasteiger partial charge in [0.05, 0.1) is 24.6 Å². The number of carbonyl (C=O) groups is 3. The van der Waals surface area contributed by atoms with Crippen LogP contribution < -0.4 is 22.1 Å². The Morgan fingerprint density at radius 2 is 1.86 bits per heavy atom. The van der Waals surface area contributed by atoms with Crippen LogP contribution in [0.25, 0.3) is 0 Å². The number of carbonyl (C=O) groups excluding carboxylic acids is 3. The van der Waals surface area contributed by atoms with Crippen molar-refractivity contribution in [3.05, 3.63) is 35.9 Å². The highest BCUT2D eigenvalue weighted by atomic mass is 16.3. The van der Waals surface area contributed by atoms with E-state index in [1.165, 1.54) is 0 Å². The van der Waals surface area contributed by atoms with Crippen LogP contribution in [-0.4, -0.2) is 63.7 Å². The molecule has 194 valence electrons. The van der Waals surface area contributed by atoms with E-state index in [-0.39, 0.29) is 18.4 Å². The standard InChI is InChI=1S/C26H41N5O4/c1-26(2,3)30-25(35)20-14-17-10-7-11-19(17)31(20)23(29-24(34)18(27)15-22(28)33)21(32)13-12-16-8-5-4-6-9-16/h4-6,8-9,17-21,23,32H,7,10-15,27H2,1-3H3,(H2,28,33)(H,29,34)(H,30,35)/t17-,18-,19-,20-,21?,23?/m0/s1. The molecule has 2 aliphatic rings. The Balaban J connectivity index is 1.86. The largest absolute Gasteiger partial charge is 0.390 e. The van der Waals surface area contributed by atoms with Gasteiger partial charge in [-0.25, -0.2) is 0 Å². The molecule has 3 amide bonds. The van der Waals surface area contributed by atoms with Crippen molar-refractivity contribution in [2.75, 3.05) is 0 Å². The van der Waals surface area contributed by atoms with E-state index in [0.717, 1.165) is 24.8 Å². The van der Waals surface area contributed by atoms with Gasteiger partial charge in [-0.1, -0.05) is 36.8 Å². The Morgan fingerprint density at radius 1 is 1.17 bits per heavy atom. The number of aliphatic hydroxyl groups is 1. The lowest BCUT2D eigenvalue weighted by atomic mass is 10.0. The maximum atomic E-state index is 13.3. The van der Waals surface area contributed by atoms with Gasteiger partial charge in [0.2, 0.25) is 17.7 Å². The molecule has 0 spiro atoms. The van der Waals surface area contributed by atoms with Crippen LogP contribution in [0.5, 0.6) is 0 Å². The maximum Gasteiger partial charge on any atom is 0.238 e. The maximum absolute atomic E-state index is 13.3. The first-order valence-electron chi connectivity index (χ1n) is 12.6. The number of nitrogens with zero attached hydrogens (tertiary/aromatic N) is 1. The van der Waals surface area contributed by atoms with Gasteiger partial charge in [0.15, 0.2) is 0 Å². The molecule has 1 saturated carbocycles. The summed E-state index contributed by atoms with van der Waals surface area (Å²) in [5.41, 5.74) is 11.8. The zero-order chi connectivity index (χ0) is 25.8. The van der Waals surface area contributed by atoms with E-state index in [2.05, 4.69) is 10.6 Å². The number of hydrogen-bond donors (Lipinski definition) is 5. The zero-order valence-electron chi connectivity index (χ0n) is 21.1. The molecule has 2 unspecified atom stereocenters. The fourth-order valence-electron chi connectivity index (χ4n) is 5.47. The molecule has 9 heteroatoms. The number of nitrogens with one attached hydrogen (secondary N) is 2. The average molecular weight is 488 g/mol. The van der Waals surface area contributed by atoms with Crippen LogP contribution in [0.15, 0.2) is 30.3 Å². The summed E-state index contributed by atoms with van der Waals surface area (Å²) < 4.78 is 0. The third kappa shape index (κ3) is 7.25. The Bertz CT molecular complexity index is 887. The SMILES string of the molecule is CC(C)(C)NC(=O)[C@@H]1C[C@@H]2CCC[C@@H]2N1C(NC(=O)[C@@H](N)CC(N)=O)C(O)CCc1ccccc1. The van der Waals surface area contributed by atoms with Crippen molar-refractivity contribution in [1.82, 2.24) is 15.5 Å². The van der Waals surface area contributed by atoms with E-state index in [1.807, 2.05) is 56.0 Å². The van der Waals surface area contributed by atoms with Crippen LogP contribution in [-0.2, 0) is 20.8 Å². The van der Waals surface area contributed by atoms with Crippen LogP contribution in [0.3, 0.4) is 0 Å². The normalized spacial score (nSPS) is 24.9. The first-order chi connectivity index (χ1) is 16.5. The molecule has 1 aromatic rings. The van der Waals surface area contributed by atoms with E-state index < -0.39 is 41.7 Å². The highest BCUT2D eigenvalue weighted by Gasteiger charge is 2.51. The smallest absolute Gasteiger partial charge is 0.238 e. The molecular formula is C26H41N5O4. The van der Waals surface area contributed by atoms with Gasteiger partial charge in [0.25, 0.3) is 0 Å². The third-order valence-corrected chi connectivity index (χ3v) is 6.99. The topological polar surface area (TPSA) is 151 Å². The predicted molar refractivity (Wildman–Crippen MR) is 134 cm³/mol. The summed E-state index contributed by atoms with van der Waals surface area (Å²) in [5.74, 6) is -1.02. The number of primary amides is 1. The summed E-state index contributed by atoms with van der Waals surface area (Å²) in [5, 5.41) is 17.3. The number of amides is 3. The second kappa shape index (κ2) is 11.5. The molecule has 0 bridgehead atoms. The van der Waals surface area contributed by atoms with Gasteiger partial charge in [0, 0.05) is 11.6 Å². The first kappa shape index (κ1) is 27.1. The van der Waals surface area contributed by atoms with E-state index in [9.17, 15) is 19.5 Å². The summed E-state index contributed by atoms with van der Waals surface area (Å²) in [6, 6.07) is 8.28. The average Bonchev–Trinajstić information content (AvgIpc) is 3.36. The van der Waals surface area contributed by atoms with Gasteiger partial charge in [-0.3, -0.25) is 19.3 Å². The van der Waals surface area contributed by atoms with E-state index in [1.54, 1.807) is 0 Å². The number of nitrogens with two attached hydrogens (primary N) is 2. The number of benzene rings is 1. The molecular weight excluding hydrogens is 446 g/mol. The van der Waals surface area contributed by atoms with E-state index in [4.69, 9.17) is 11.5 Å². The van der Waals surface area contributed by atoms with Crippen molar-refractivity contribution in [3.8, 4) is 0 Å². The van der Waals surface area contributed by atoms with Gasteiger partial charge >= 0.3 is 0 Å². The summed E-state index contributed by atoms with van der Waals surface area (Å²) in [6.45, 7) is 5.80. The molecule has 1 aromatic carbocycles. The highest BCUT2D eigenvalue weighted by Crippen LogP contribution is 2.43. The predicted octanol–water partition coefficient (Wildman–Crippen LogP) is 0.783. The molecule has 7 N–H and O–H groups in total. The molecule has 35 heavy (non-hydrogen) atoms. The molecule has 1 heterocycles. The highest BCUT2D eigenvalue weighted by molar-refractivity contribution is 5.88. The minimum absolute atomic E-state index is 0.0785. The quantitative estimate of drug-likeness (QED) is 0.329. The fourth-order valence-corrected chi connectivity index (χ4v) is 5.47. The Morgan fingerprint density at radius 3 is 2.49 bits per heavy atom.